The highest BCUT2D eigenvalue weighted by Crippen LogP contribution is 2.28. The van der Waals surface area contributed by atoms with Gasteiger partial charge in [-0.05, 0) is 39.6 Å². The quantitative estimate of drug-likeness (QED) is 0.685. The number of hydrogen-bond donors (Lipinski definition) is 1. The number of nitrogens with one attached hydrogen (secondary N) is 1. The largest absolute Gasteiger partial charge is 0.348 e. The first-order chi connectivity index (χ1) is 13.8. The van der Waals surface area contributed by atoms with Crippen LogP contribution in [0.1, 0.15) is 34.0 Å². The molecule has 1 unspecified atom stereocenters. The van der Waals surface area contributed by atoms with Crippen molar-refractivity contribution in [2.24, 2.45) is 0 Å². The maximum absolute atomic E-state index is 13.5. The maximum atomic E-state index is 13.5. The highest BCUT2D eigenvalue weighted by atomic mass is 32.1. The number of carbonyl (C=O) groups is 1. The molecule has 0 saturated carbocycles. The topological polar surface area (TPSA) is 87.1 Å². The predicted molar refractivity (Wildman–Crippen MR) is 110 cm³/mol. The van der Waals surface area contributed by atoms with Crippen LogP contribution in [-0.2, 0) is 0 Å². The van der Waals surface area contributed by atoms with Gasteiger partial charge in [-0.3, -0.25) is 9.78 Å². The van der Waals surface area contributed by atoms with E-state index in [1.165, 1.54) is 17.4 Å². The number of aryl methyl sites for hydroxylation is 1. The molecule has 1 atom stereocenters. The van der Waals surface area contributed by atoms with Crippen LogP contribution < -0.4 is 5.32 Å². The number of fused-ring (bicyclic) bond motifs is 1. The van der Waals surface area contributed by atoms with E-state index in [0.29, 0.717) is 40.7 Å². The molecule has 4 heterocycles. The minimum absolute atomic E-state index is 0.123. The minimum atomic E-state index is -0.410. The highest BCUT2D eigenvalue weighted by molar-refractivity contribution is 7.18. The lowest BCUT2D eigenvalue weighted by Crippen LogP contribution is -2.59. The summed E-state index contributed by atoms with van der Waals surface area (Å²) in [5.74, 6) is -0.249. The molecule has 1 N–H and O–H groups in total. The summed E-state index contributed by atoms with van der Waals surface area (Å²) in [6.07, 6.45) is 2.74. The number of rotatable bonds is 5. The lowest BCUT2D eigenvalue weighted by atomic mass is 10.1. The van der Waals surface area contributed by atoms with Crippen LogP contribution in [-0.4, -0.2) is 68.9 Å². The van der Waals surface area contributed by atoms with Gasteiger partial charge in [0.2, 0.25) is 5.95 Å². The lowest BCUT2D eigenvalue weighted by Gasteiger charge is -2.42. The van der Waals surface area contributed by atoms with Gasteiger partial charge in [0.1, 0.15) is 10.5 Å². The van der Waals surface area contributed by atoms with E-state index in [1.807, 2.05) is 27.9 Å². The number of likely N-dealkylation sites (tertiary alicyclic amines) is 1. The third-order valence-electron chi connectivity index (χ3n) is 5.01. The summed E-state index contributed by atoms with van der Waals surface area (Å²) in [7, 11) is 4.01. The van der Waals surface area contributed by atoms with Crippen molar-refractivity contribution in [2.75, 3.05) is 32.5 Å². The Hall–Kier alpha value is -2.72. The Labute approximate surface area is 171 Å². The van der Waals surface area contributed by atoms with Crippen molar-refractivity contribution in [3.8, 4) is 0 Å². The lowest BCUT2D eigenvalue weighted by molar-refractivity contribution is 0.0396. The Balaban J connectivity index is 1.63. The van der Waals surface area contributed by atoms with E-state index in [4.69, 9.17) is 0 Å². The number of pyridine rings is 1. The van der Waals surface area contributed by atoms with E-state index in [0.717, 1.165) is 11.2 Å². The summed E-state index contributed by atoms with van der Waals surface area (Å²) in [5.41, 5.74) is 1.50. The van der Waals surface area contributed by atoms with E-state index in [1.54, 1.807) is 11.1 Å². The van der Waals surface area contributed by atoms with Gasteiger partial charge in [0, 0.05) is 25.3 Å². The van der Waals surface area contributed by atoms with Crippen LogP contribution in [0.3, 0.4) is 0 Å². The second-order valence-electron chi connectivity index (χ2n) is 7.41. The molecule has 3 aromatic heterocycles. The number of likely N-dealkylation sites (N-methyl/N-ethyl adjacent to an activating group) is 1. The molecule has 29 heavy (non-hydrogen) atoms. The van der Waals surface area contributed by atoms with Crippen LogP contribution in [0.15, 0.2) is 18.5 Å². The number of anilines is 1. The normalized spacial score (nSPS) is 15.6. The summed E-state index contributed by atoms with van der Waals surface area (Å²) in [6, 6.07) is 1.47. The molecule has 0 aromatic carbocycles. The van der Waals surface area contributed by atoms with Crippen molar-refractivity contribution in [1.29, 1.82) is 0 Å². The van der Waals surface area contributed by atoms with E-state index < -0.39 is 5.82 Å². The molecule has 1 fully saturated rings. The Morgan fingerprint density at radius 1 is 1.31 bits per heavy atom. The first-order valence-electron chi connectivity index (χ1n) is 9.29. The second kappa shape index (κ2) is 7.60. The minimum Gasteiger partial charge on any atom is -0.348 e. The van der Waals surface area contributed by atoms with E-state index in [-0.39, 0.29) is 17.9 Å². The average Bonchev–Trinajstić information content (AvgIpc) is 2.99. The summed E-state index contributed by atoms with van der Waals surface area (Å²) < 4.78 is 14.2. The summed E-state index contributed by atoms with van der Waals surface area (Å²) >= 11 is 1.41. The zero-order chi connectivity index (χ0) is 20.7. The molecule has 0 radical (unpaired) electrons. The number of nitrogens with zero attached hydrogens (tertiary/aromatic N) is 6. The highest BCUT2D eigenvalue weighted by Gasteiger charge is 2.34. The molecular weight excluding hydrogens is 393 g/mol. The Bertz CT molecular complexity index is 1060. The number of amides is 1. The number of hydrogen-bond acceptors (Lipinski definition) is 8. The molecule has 1 amide bonds. The van der Waals surface area contributed by atoms with Gasteiger partial charge < -0.3 is 15.1 Å². The fourth-order valence-electron chi connectivity index (χ4n) is 3.18. The molecule has 1 aliphatic rings. The molecule has 3 aromatic rings. The van der Waals surface area contributed by atoms with Crippen molar-refractivity contribution >= 4 is 33.5 Å². The van der Waals surface area contributed by atoms with E-state index >= 15 is 0 Å². The van der Waals surface area contributed by atoms with Crippen molar-refractivity contribution < 1.29 is 9.18 Å². The Morgan fingerprint density at radius 3 is 2.76 bits per heavy atom. The number of aromatic nitrogens is 4. The third-order valence-corrected chi connectivity index (χ3v) is 5.98. The molecule has 1 saturated heterocycles. The van der Waals surface area contributed by atoms with Crippen LogP contribution in [0.25, 0.3) is 10.3 Å². The Morgan fingerprint density at radius 2 is 2.07 bits per heavy atom. The smallest absolute Gasteiger partial charge is 0.274 e. The van der Waals surface area contributed by atoms with Crippen LogP contribution in [0.2, 0.25) is 0 Å². The molecule has 10 heteroatoms. The van der Waals surface area contributed by atoms with Gasteiger partial charge in [0.25, 0.3) is 5.91 Å². The van der Waals surface area contributed by atoms with Gasteiger partial charge in [-0.25, -0.2) is 14.4 Å². The van der Waals surface area contributed by atoms with Crippen molar-refractivity contribution in [2.45, 2.75) is 25.9 Å². The molecule has 152 valence electrons. The predicted octanol–water partition coefficient (Wildman–Crippen LogP) is 2.49. The number of carbonyl (C=O) groups excluding carboxylic acids is 1. The van der Waals surface area contributed by atoms with Gasteiger partial charge >= 0.3 is 0 Å². The molecule has 0 aliphatic carbocycles. The fourth-order valence-corrected chi connectivity index (χ4v) is 4.02. The fraction of sp³-hybridized carbons (Fsp3) is 0.421. The first-order valence-corrected chi connectivity index (χ1v) is 10.1. The van der Waals surface area contributed by atoms with E-state index in [2.05, 4.69) is 30.2 Å². The number of thiazole rings is 1. The van der Waals surface area contributed by atoms with Crippen LogP contribution in [0.4, 0.5) is 10.3 Å². The SMILES string of the molecule is Cc1nc2nc(NC(C)c3cncc(F)c3)nc(C(=O)N3CC(N(C)C)C3)c2s1. The van der Waals surface area contributed by atoms with Crippen LogP contribution in [0.5, 0.6) is 0 Å². The molecule has 0 bridgehead atoms. The standard InChI is InChI=1S/C19H22FN7OS/c1-10(12-5-13(20)7-21-6-12)22-19-24-15(16-17(25-19)23-11(2)29-16)18(28)27-8-14(9-27)26(3)4/h5-7,10,14H,8-9H2,1-4H3,(H,22,24,25). The van der Waals surface area contributed by atoms with Gasteiger partial charge in [0.15, 0.2) is 11.3 Å². The summed E-state index contributed by atoms with van der Waals surface area (Å²) in [5, 5.41) is 3.96. The van der Waals surface area contributed by atoms with Gasteiger partial charge in [0.05, 0.1) is 17.2 Å². The summed E-state index contributed by atoms with van der Waals surface area (Å²) in [6.45, 7) is 5.07. The first kappa shape index (κ1) is 19.6. The molecule has 0 spiro atoms. The van der Waals surface area contributed by atoms with Crippen molar-refractivity contribution in [3.63, 3.8) is 0 Å². The van der Waals surface area contributed by atoms with Gasteiger partial charge in [-0.2, -0.15) is 4.98 Å². The summed E-state index contributed by atoms with van der Waals surface area (Å²) in [4.78, 5) is 34.2. The van der Waals surface area contributed by atoms with Crippen molar-refractivity contribution in [3.05, 3.63) is 40.5 Å². The maximum Gasteiger partial charge on any atom is 0.274 e. The average molecular weight is 415 g/mol. The van der Waals surface area contributed by atoms with Gasteiger partial charge in [-0.1, -0.05) is 0 Å². The van der Waals surface area contributed by atoms with Crippen LogP contribution >= 0.6 is 11.3 Å². The molecular formula is C19H22FN7OS. The molecule has 1 aliphatic heterocycles. The molecule has 8 nitrogen and oxygen atoms in total. The molecule has 4 rings (SSSR count). The number of halogens is 1. The third kappa shape index (κ3) is 3.90. The monoisotopic (exact) mass is 415 g/mol. The Kier molecular flexibility index (Phi) is 5.13. The zero-order valence-electron chi connectivity index (χ0n) is 16.7. The second-order valence-corrected chi connectivity index (χ2v) is 8.61. The van der Waals surface area contributed by atoms with E-state index in [9.17, 15) is 9.18 Å². The van der Waals surface area contributed by atoms with Crippen LogP contribution in [0, 0.1) is 12.7 Å². The zero-order valence-corrected chi connectivity index (χ0v) is 17.5. The van der Waals surface area contributed by atoms with Gasteiger partial charge in [-0.15, -0.1) is 11.3 Å². The van der Waals surface area contributed by atoms with Crippen molar-refractivity contribution in [1.82, 2.24) is 29.7 Å².